The minimum Gasteiger partial charge on any atom is -0.310 e. The van der Waals surface area contributed by atoms with Crippen molar-refractivity contribution in [2.45, 2.75) is 57.9 Å². The van der Waals surface area contributed by atoms with Crippen LogP contribution in [0.3, 0.4) is 0 Å². The van der Waals surface area contributed by atoms with Crippen molar-refractivity contribution in [1.29, 1.82) is 0 Å². The lowest BCUT2D eigenvalue weighted by molar-refractivity contribution is 0.425. The normalized spacial score (nSPS) is 32.5. The maximum atomic E-state index is 3.80. The van der Waals surface area contributed by atoms with Gasteiger partial charge in [0.1, 0.15) is 0 Å². The van der Waals surface area contributed by atoms with E-state index < -0.39 is 0 Å². The van der Waals surface area contributed by atoms with Crippen LogP contribution in [-0.4, -0.2) is 6.54 Å². The molecule has 0 radical (unpaired) electrons. The van der Waals surface area contributed by atoms with E-state index in [-0.39, 0.29) is 0 Å². The lowest BCUT2D eigenvalue weighted by Crippen LogP contribution is -2.24. The number of fused-ring (bicyclic) bond motifs is 2. The highest BCUT2D eigenvalue weighted by Crippen LogP contribution is 2.62. The van der Waals surface area contributed by atoms with Gasteiger partial charge in [0.25, 0.3) is 0 Å². The van der Waals surface area contributed by atoms with Gasteiger partial charge in [0, 0.05) is 6.04 Å². The quantitative estimate of drug-likeness (QED) is 0.861. The van der Waals surface area contributed by atoms with Gasteiger partial charge in [-0.15, -0.1) is 0 Å². The van der Waals surface area contributed by atoms with Gasteiger partial charge in [-0.3, -0.25) is 0 Å². The standard InChI is InChI=1S/C19H27N/c1-2-20-19(18-16-8-5-9-17(16)18)15-11-10-13-6-3-4-7-14(13)12-15/h10-12,16-20H,2-9H2,1H3. The largest absolute Gasteiger partial charge is 0.310 e. The zero-order valence-corrected chi connectivity index (χ0v) is 12.7. The van der Waals surface area contributed by atoms with E-state index in [1.54, 1.807) is 16.7 Å². The van der Waals surface area contributed by atoms with Gasteiger partial charge in [0.05, 0.1) is 0 Å². The van der Waals surface area contributed by atoms with Crippen LogP contribution >= 0.6 is 0 Å². The van der Waals surface area contributed by atoms with Crippen molar-refractivity contribution >= 4 is 0 Å². The van der Waals surface area contributed by atoms with E-state index in [9.17, 15) is 0 Å². The van der Waals surface area contributed by atoms with Crippen molar-refractivity contribution < 1.29 is 0 Å². The van der Waals surface area contributed by atoms with Crippen molar-refractivity contribution in [2.24, 2.45) is 17.8 Å². The molecule has 0 heterocycles. The van der Waals surface area contributed by atoms with E-state index in [1.807, 2.05) is 0 Å². The summed E-state index contributed by atoms with van der Waals surface area (Å²) >= 11 is 0. The van der Waals surface area contributed by atoms with Crippen LogP contribution in [0.5, 0.6) is 0 Å². The lowest BCUT2D eigenvalue weighted by Gasteiger charge is -2.23. The molecule has 1 heteroatoms. The molecular formula is C19H27N. The van der Waals surface area contributed by atoms with E-state index in [2.05, 4.69) is 30.4 Å². The molecule has 1 N–H and O–H groups in total. The zero-order chi connectivity index (χ0) is 13.5. The summed E-state index contributed by atoms with van der Waals surface area (Å²) < 4.78 is 0. The Morgan fingerprint density at radius 2 is 1.80 bits per heavy atom. The average molecular weight is 269 g/mol. The maximum absolute atomic E-state index is 3.80. The second-order valence-corrected chi connectivity index (χ2v) is 7.11. The van der Waals surface area contributed by atoms with Crippen LogP contribution in [0.25, 0.3) is 0 Å². The molecule has 2 saturated carbocycles. The predicted molar refractivity (Wildman–Crippen MR) is 83.8 cm³/mol. The van der Waals surface area contributed by atoms with Crippen LogP contribution in [0.2, 0.25) is 0 Å². The number of hydrogen-bond donors (Lipinski definition) is 1. The first-order valence-electron chi connectivity index (χ1n) is 8.73. The molecule has 3 aliphatic carbocycles. The number of nitrogens with one attached hydrogen (secondary N) is 1. The predicted octanol–water partition coefficient (Wildman–Crippen LogP) is 4.26. The average Bonchev–Trinajstić information content (AvgIpc) is 2.94. The molecule has 108 valence electrons. The highest BCUT2D eigenvalue weighted by Gasteiger charge is 2.55. The topological polar surface area (TPSA) is 12.0 Å². The molecule has 1 aromatic carbocycles. The van der Waals surface area contributed by atoms with Gasteiger partial charge in [0.15, 0.2) is 0 Å². The molecule has 0 bridgehead atoms. The monoisotopic (exact) mass is 269 g/mol. The van der Waals surface area contributed by atoms with E-state index in [0.29, 0.717) is 6.04 Å². The fraction of sp³-hybridized carbons (Fsp3) is 0.684. The molecule has 0 aromatic heterocycles. The molecule has 20 heavy (non-hydrogen) atoms. The van der Waals surface area contributed by atoms with Gasteiger partial charge in [-0.05, 0) is 79.5 Å². The molecule has 0 aliphatic heterocycles. The summed E-state index contributed by atoms with van der Waals surface area (Å²) in [6.45, 7) is 3.35. The summed E-state index contributed by atoms with van der Waals surface area (Å²) in [5.41, 5.74) is 4.83. The fourth-order valence-corrected chi connectivity index (χ4v) is 5.01. The Morgan fingerprint density at radius 1 is 1.05 bits per heavy atom. The van der Waals surface area contributed by atoms with Gasteiger partial charge in [-0.25, -0.2) is 0 Å². The first-order valence-corrected chi connectivity index (χ1v) is 8.73. The van der Waals surface area contributed by atoms with Crippen LogP contribution < -0.4 is 5.32 Å². The summed E-state index contributed by atoms with van der Waals surface area (Å²) in [7, 11) is 0. The summed E-state index contributed by atoms with van der Waals surface area (Å²) in [6, 6.07) is 8.01. The van der Waals surface area contributed by atoms with Crippen molar-refractivity contribution in [3.05, 3.63) is 34.9 Å². The van der Waals surface area contributed by atoms with E-state index >= 15 is 0 Å². The fourth-order valence-electron chi connectivity index (χ4n) is 5.01. The van der Waals surface area contributed by atoms with Crippen molar-refractivity contribution in [1.82, 2.24) is 5.32 Å². The molecule has 2 fully saturated rings. The zero-order valence-electron chi connectivity index (χ0n) is 12.7. The Hall–Kier alpha value is -0.820. The van der Waals surface area contributed by atoms with Gasteiger partial charge in [-0.2, -0.15) is 0 Å². The van der Waals surface area contributed by atoms with Crippen LogP contribution in [-0.2, 0) is 12.8 Å². The molecule has 3 unspecified atom stereocenters. The van der Waals surface area contributed by atoms with E-state index in [1.165, 1.54) is 44.9 Å². The first-order chi connectivity index (χ1) is 9.88. The molecule has 3 atom stereocenters. The van der Waals surface area contributed by atoms with Crippen molar-refractivity contribution in [2.75, 3.05) is 6.54 Å². The SMILES string of the molecule is CCNC(c1ccc2c(c1)CCCC2)C1C2CCCC21. The Labute approximate surface area is 123 Å². The molecule has 1 aromatic rings. The molecule has 3 aliphatic rings. The van der Waals surface area contributed by atoms with Crippen LogP contribution in [0.15, 0.2) is 18.2 Å². The lowest BCUT2D eigenvalue weighted by atomic mass is 9.87. The summed E-state index contributed by atoms with van der Waals surface area (Å²) in [5.74, 6) is 3.01. The van der Waals surface area contributed by atoms with Gasteiger partial charge in [-0.1, -0.05) is 31.5 Å². The maximum Gasteiger partial charge on any atom is 0.0354 e. The van der Waals surface area contributed by atoms with Gasteiger partial charge >= 0.3 is 0 Å². The Bertz CT molecular complexity index is 483. The number of rotatable bonds is 4. The highest BCUT2D eigenvalue weighted by atomic mass is 14.9. The van der Waals surface area contributed by atoms with Crippen molar-refractivity contribution in [3.8, 4) is 0 Å². The van der Waals surface area contributed by atoms with Crippen LogP contribution in [0.1, 0.15) is 61.8 Å². The molecule has 0 amide bonds. The van der Waals surface area contributed by atoms with Gasteiger partial charge < -0.3 is 5.32 Å². The second kappa shape index (κ2) is 5.18. The third-order valence-electron chi connectivity index (χ3n) is 6.01. The van der Waals surface area contributed by atoms with Gasteiger partial charge in [0.2, 0.25) is 0 Å². The number of aryl methyl sites for hydroxylation is 2. The Balaban J connectivity index is 1.59. The summed E-state index contributed by atoms with van der Waals surface area (Å²) in [5, 5.41) is 3.80. The summed E-state index contributed by atoms with van der Waals surface area (Å²) in [6.07, 6.45) is 9.83. The number of hydrogen-bond acceptors (Lipinski definition) is 1. The second-order valence-electron chi connectivity index (χ2n) is 7.11. The molecule has 0 saturated heterocycles. The molecule has 1 nitrogen and oxygen atoms in total. The van der Waals surface area contributed by atoms with Crippen LogP contribution in [0, 0.1) is 17.8 Å². The molecular weight excluding hydrogens is 242 g/mol. The molecule has 4 rings (SSSR count). The summed E-state index contributed by atoms with van der Waals surface area (Å²) in [4.78, 5) is 0. The third-order valence-corrected chi connectivity index (χ3v) is 6.01. The Morgan fingerprint density at radius 3 is 2.55 bits per heavy atom. The highest BCUT2D eigenvalue weighted by molar-refractivity contribution is 5.36. The van der Waals surface area contributed by atoms with Crippen molar-refractivity contribution in [3.63, 3.8) is 0 Å². The smallest absolute Gasteiger partial charge is 0.0354 e. The van der Waals surface area contributed by atoms with E-state index in [0.717, 1.165) is 24.3 Å². The molecule has 0 spiro atoms. The minimum absolute atomic E-state index is 0.627. The number of benzene rings is 1. The van der Waals surface area contributed by atoms with E-state index in [4.69, 9.17) is 0 Å². The minimum atomic E-state index is 0.627. The Kier molecular flexibility index (Phi) is 3.34. The third kappa shape index (κ3) is 2.11. The van der Waals surface area contributed by atoms with Crippen LogP contribution in [0.4, 0.5) is 0 Å². The first kappa shape index (κ1) is 12.9.